The molecule has 3 rings (SSSR count). The monoisotopic (exact) mass is 328 g/mol. The van der Waals surface area contributed by atoms with Gasteiger partial charge in [-0.15, -0.1) is 0 Å². The summed E-state index contributed by atoms with van der Waals surface area (Å²) in [6.07, 6.45) is 0. The predicted octanol–water partition coefficient (Wildman–Crippen LogP) is 3.90. The topological polar surface area (TPSA) is 84.2 Å². The van der Waals surface area contributed by atoms with Crippen LogP contribution in [0.5, 0.6) is 0 Å². The van der Waals surface area contributed by atoms with E-state index >= 15 is 0 Å². The van der Waals surface area contributed by atoms with Gasteiger partial charge in [0.05, 0.1) is 15.6 Å². The lowest BCUT2D eigenvalue weighted by molar-refractivity contribution is 0.262. The van der Waals surface area contributed by atoms with Gasteiger partial charge < -0.3 is 5.32 Å². The maximum Gasteiger partial charge on any atom is 0.448 e. The summed E-state index contributed by atoms with van der Waals surface area (Å²) in [4.78, 5) is 0.0349. The van der Waals surface area contributed by atoms with Gasteiger partial charge in [0.25, 0.3) is 0 Å². The SMILES string of the molecule is Cc1ccc(Nc2cccc3cccc([S+]([O])(=O)ON)c23)cc1. The van der Waals surface area contributed by atoms with Crippen molar-refractivity contribution >= 4 is 32.6 Å². The van der Waals surface area contributed by atoms with E-state index in [2.05, 4.69) is 9.60 Å². The van der Waals surface area contributed by atoms with Crippen molar-refractivity contribution in [3.63, 3.8) is 0 Å². The first kappa shape index (κ1) is 15.6. The average Bonchev–Trinajstić information content (AvgIpc) is 2.56. The van der Waals surface area contributed by atoms with Gasteiger partial charge in [-0.2, -0.15) is 5.90 Å². The van der Waals surface area contributed by atoms with Crippen LogP contribution in [0.3, 0.4) is 0 Å². The van der Waals surface area contributed by atoms with Crippen LogP contribution in [0.1, 0.15) is 5.56 Å². The van der Waals surface area contributed by atoms with Crippen molar-refractivity contribution in [2.45, 2.75) is 11.8 Å². The summed E-state index contributed by atoms with van der Waals surface area (Å²) in [5.74, 6) is 4.94. The molecule has 1 unspecified atom stereocenters. The Kier molecular flexibility index (Phi) is 4.14. The Hall–Kier alpha value is -2.25. The molecule has 0 saturated carbocycles. The van der Waals surface area contributed by atoms with Crippen LogP contribution in [0.25, 0.3) is 10.8 Å². The molecular formula is C17H16N2O3S+. The van der Waals surface area contributed by atoms with Gasteiger partial charge in [0.2, 0.25) is 4.90 Å². The molecule has 3 aromatic carbocycles. The van der Waals surface area contributed by atoms with Gasteiger partial charge in [0.1, 0.15) is 0 Å². The first-order valence-corrected chi connectivity index (χ1v) is 8.41. The summed E-state index contributed by atoms with van der Waals surface area (Å²) >= 11 is 0. The number of nitrogens with one attached hydrogen (secondary N) is 1. The van der Waals surface area contributed by atoms with Crippen molar-refractivity contribution in [3.05, 3.63) is 66.2 Å². The highest BCUT2D eigenvalue weighted by Crippen LogP contribution is 2.34. The van der Waals surface area contributed by atoms with Gasteiger partial charge >= 0.3 is 10.5 Å². The lowest BCUT2D eigenvalue weighted by Crippen LogP contribution is -2.17. The second kappa shape index (κ2) is 6.10. The summed E-state index contributed by atoms with van der Waals surface area (Å²) in [6.45, 7) is 2.00. The molecule has 5 nitrogen and oxygen atoms in total. The molecule has 0 spiro atoms. The Morgan fingerprint density at radius 3 is 2.30 bits per heavy atom. The van der Waals surface area contributed by atoms with Crippen LogP contribution >= 0.6 is 0 Å². The van der Waals surface area contributed by atoms with Crippen LogP contribution < -0.4 is 11.2 Å². The molecule has 0 heterocycles. The highest BCUT2D eigenvalue weighted by atomic mass is 32.3. The molecule has 1 radical (unpaired) electrons. The van der Waals surface area contributed by atoms with Crippen LogP contribution in [0.2, 0.25) is 0 Å². The maximum atomic E-state index is 12.1. The highest BCUT2D eigenvalue weighted by molar-refractivity contribution is 7.93. The van der Waals surface area contributed by atoms with Crippen LogP contribution in [0.15, 0.2) is 65.6 Å². The molecule has 0 aliphatic heterocycles. The predicted molar refractivity (Wildman–Crippen MR) is 90.7 cm³/mol. The summed E-state index contributed by atoms with van der Waals surface area (Å²) in [6, 6.07) is 18.3. The number of hydrogen-bond donors (Lipinski definition) is 2. The van der Waals surface area contributed by atoms with Crippen molar-refractivity contribution in [2.24, 2.45) is 5.90 Å². The fourth-order valence-electron chi connectivity index (χ4n) is 2.46. The Bertz CT molecular complexity index is 889. The minimum atomic E-state index is -4.01. The number of fused-ring (bicyclic) bond motifs is 1. The minimum Gasteiger partial charge on any atom is -0.355 e. The molecule has 0 fully saturated rings. The zero-order chi connectivity index (χ0) is 16.4. The van der Waals surface area contributed by atoms with Crippen LogP contribution in [0.4, 0.5) is 11.4 Å². The largest absolute Gasteiger partial charge is 0.448 e. The van der Waals surface area contributed by atoms with Crippen molar-refractivity contribution in [1.82, 2.24) is 0 Å². The second-order valence-corrected chi connectivity index (χ2v) is 6.74. The summed E-state index contributed by atoms with van der Waals surface area (Å²) in [5, 5.41) is 4.57. The van der Waals surface area contributed by atoms with Crippen molar-refractivity contribution in [3.8, 4) is 0 Å². The van der Waals surface area contributed by atoms with Gasteiger partial charge in [-0.3, -0.25) is 0 Å². The molecule has 0 bridgehead atoms. The Balaban J connectivity index is 2.17. The Labute approximate surface area is 135 Å². The van der Waals surface area contributed by atoms with Crippen LogP contribution in [0, 0.1) is 6.92 Å². The van der Waals surface area contributed by atoms with E-state index in [1.807, 2.05) is 55.5 Å². The molecule has 117 valence electrons. The molecule has 0 saturated heterocycles. The fraction of sp³-hybridized carbons (Fsp3) is 0.0588. The van der Waals surface area contributed by atoms with Gasteiger partial charge in [0.15, 0.2) is 0 Å². The first-order chi connectivity index (χ1) is 11.0. The smallest absolute Gasteiger partial charge is 0.355 e. The molecule has 1 atom stereocenters. The van der Waals surface area contributed by atoms with Crippen LogP contribution in [-0.2, 0) is 23.5 Å². The van der Waals surface area contributed by atoms with Crippen molar-refractivity contribution < 1.29 is 13.0 Å². The number of nitrogens with two attached hydrogens (primary N) is 1. The third-order valence-electron chi connectivity index (χ3n) is 3.59. The molecule has 3 aromatic rings. The number of hydrogen-bond acceptors (Lipinski definition) is 4. The van der Waals surface area contributed by atoms with E-state index in [-0.39, 0.29) is 4.90 Å². The van der Waals surface area contributed by atoms with Gasteiger partial charge in [-0.1, -0.05) is 42.0 Å². The van der Waals surface area contributed by atoms with Crippen molar-refractivity contribution in [2.75, 3.05) is 5.32 Å². The third-order valence-corrected chi connectivity index (χ3v) is 4.73. The van der Waals surface area contributed by atoms with E-state index < -0.39 is 10.5 Å². The van der Waals surface area contributed by atoms with E-state index in [0.717, 1.165) is 16.6 Å². The number of rotatable bonds is 4. The summed E-state index contributed by atoms with van der Waals surface area (Å²) in [5.41, 5.74) is 2.68. The fourth-order valence-corrected chi connectivity index (χ4v) is 3.29. The van der Waals surface area contributed by atoms with E-state index in [0.29, 0.717) is 11.1 Å². The Morgan fingerprint density at radius 1 is 1.00 bits per heavy atom. The molecule has 23 heavy (non-hydrogen) atoms. The van der Waals surface area contributed by atoms with E-state index in [4.69, 9.17) is 5.90 Å². The third kappa shape index (κ3) is 3.11. The summed E-state index contributed by atoms with van der Waals surface area (Å²) < 4.78 is 28.4. The quantitative estimate of drug-likeness (QED) is 0.562. The van der Waals surface area contributed by atoms with Gasteiger partial charge in [-0.05, 0) is 39.0 Å². The number of anilines is 2. The average molecular weight is 328 g/mol. The zero-order valence-corrected chi connectivity index (χ0v) is 13.3. The molecule has 0 amide bonds. The molecule has 6 heteroatoms. The molecule has 0 aromatic heterocycles. The lowest BCUT2D eigenvalue weighted by atomic mass is 10.1. The van der Waals surface area contributed by atoms with Gasteiger partial charge in [-0.25, -0.2) is 0 Å². The lowest BCUT2D eigenvalue weighted by Gasteiger charge is -2.11. The molecule has 0 aliphatic rings. The standard InChI is InChI=1S/C17H16N2O3S/c1-12-8-10-14(11-9-12)19-15-6-2-4-13-5-3-7-16(17(13)15)23(20,21)22-18/h2-11,19H,18H2,1H3/q+1. The van der Waals surface area contributed by atoms with E-state index in [1.165, 1.54) is 6.07 Å². The number of benzene rings is 3. The zero-order valence-electron chi connectivity index (χ0n) is 12.5. The molecule has 3 N–H and O–H groups in total. The minimum absolute atomic E-state index is 0.0349. The normalized spacial score (nSPS) is 13.7. The van der Waals surface area contributed by atoms with E-state index in [9.17, 15) is 8.76 Å². The maximum absolute atomic E-state index is 12.1. The molecular weight excluding hydrogens is 312 g/mol. The summed E-state index contributed by atoms with van der Waals surface area (Å²) in [7, 11) is -4.01. The molecule has 0 aliphatic carbocycles. The Morgan fingerprint density at radius 2 is 1.65 bits per heavy atom. The van der Waals surface area contributed by atoms with Crippen LogP contribution in [-0.4, -0.2) is 0 Å². The first-order valence-electron chi connectivity index (χ1n) is 7.00. The van der Waals surface area contributed by atoms with E-state index in [1.54, 1.807) is 6.07 Å². The number of aryl methyl sites for hydroxylation is 1. The second-order valence-electron chi connectivity index (χ2n) is 5.20. The van der Waals surface area contributed by atoms with Gasteiger partial charge in [0, 0.05) is 11.8 Å². The highest BCUT2D eigenvalue weighted by Gasteiger charge is 2.37. The van der Waals surface area contributed by atoms with Crippen molar-refractivity contribution in [1.29, 1.82) is 0 Å².